The molecule has 2 aliphatic heterocycles. The molecule has 0 radical (unpaired) electrons. The van der Waals surface area contributed by atoms with Crippen molar-refractivity contribution >= 4 is 11.8 Å². The van der Waals surface area contributed by atoms with Gasteiger partial charge in [0.2, 0.25) is 5.91 Å². The van der Waals surface area contributed by atoms with Crippen molar-refractivity contribution in [2.24, 2.45) is 11.7 Å². The number of ether oxygens (including phenoxy) is 1. The van der Waals surface area contributed by atoms with Gasteiger partial charge in [-0.05, 0) is 18.8 Å². The fourth-order valence-electron chi connectivity index (χ4n) is 2.57. The molecule has 0 spiro atoms. The zero-order valence-corrected chi connectivity index (χ0v) is 10.6. The molecule has 1 unspecified atom stereocenters. The number of carbonyl (C=O) groups excluding carboxylic acids is 2. The standard InChI is InChI=1S/C12H21N3O3/c13-11(16)7-9-1-4-15(5-2-9)12(17)10-8-14-3-6-18-10/h9-10,14H,1-8H2,(H2,13,16). The van der Waals surface area contributed by atoms with Gasteiger partial charge in [-0.1, -0.05) is 0 Å². The lowest BCUT2D eigenvalue weighted by Gasteiger charge is -2.34. The normalized spacial score (nSPS) is 26.0. The minimum absolute atomic E-state index is 0.0692. The van der Waals surface area contributed by atoms with E-state index < -0.39 is 0 Å². The molecule has 0 aromatic carbocycles. The van der Waals surface area contributed by atoms with Gasteiger partial charge in [0.05, 0.1) is 6.61 Å². The van der Waals surface area contributed by atoms with Crippen molar-refractivity contribution in [1.82, 2.24) is 10.2 Å². The number of primary amides is 1. The second-order valence-electron chi connectivity index (χ2n) is 5.00. The Morgan fingerprint density at radius 1 is 1.33 bits per heavy atom. The van der Waals surface area contributed by atoms with Crippen molar-refractivity contribution < 1.29 is 14.3 Å². The van der Waals surface area contributed by atoms with Gasteiger partial charge < -0.3 is 20.7 Å². The summed E-state index contributed by atoms with van der Waals surface area (Å²) in [5.41, 5.74) is 5.19. The zero-order valence-electron chi connectivity index (χ0n) is 10.6. The number of morpholine rings is 1. The van der Waals surface area contributed by atoms with Crippen molar-refractivity contribution in [2.75, 3.05) is 32.8 Å². The zero-order chi connectivity index (χ0) is 13.0. The van der Waals surface area contributed by atoms with Crippen LogP contribution in [0.4, 0.5) is 0 Å². The van der Waals surface area contributed by atoms with Gasteiger partial charge in [-0.2, -0.15) is 0 Å². The average molecular weight is 255 g/mol. The van der Waals surface area contributed by atoms with Crippen LogP contribution in [0.3, 0.4) is 0 Å². The quantitative estimate of drug-likeness (QED) is 0.683. The van der Waals surface area contributed by atoms with E-state index in [2.05, 4.69) is 5.32 Å². The number of likely N-dealkylation sites (tertiary alicyclic amines) is 1. The fourth-order valence-corrected chi connectivity index (χ4v) is 2.57. The van der Waals surface area contributed by atoms with Crippen molar-refractivity contribution in [3.05, 3.63) is 0 Å². The second-order valence-corrected chi connectivity index (χ2v) is 5.00. The smallest absolute Gasteiger partial charge is 0.253 e. The molecule has 2 saturated heterocycles. The summed E-state index contributed by atoms with van der Waals surface area (Å²) in [5, 5.41) is 3.16. The summed E-state index contributed by atoms with van der Waals surface area (Å²) in [7, 11) is 0. The van der Waals surface area contributed by atoms with E-state index in [1.165, 1.54) is 0 Å². The van der Waals surface area contributed by atoms with Gasteiger partial charge in [0, 0.05) is 32.6 Å². The van der Waals surface area contributed by atoms with Gasteiger partial charge in [0.25, 0.3) is 5.91 Å². The third-order valence-electron chi connectivity index (χ3n) is 3.62. The van der Waals surface area contributed by atoms with Gasteiger partial charge in [-0.25, -0.2) is 0 Å². The number of carbonyl (C=O) groups is 2. The van der Waals surface area contributed by atoms with E-state index >= 15 is 0 Å². The van der Waals surface area contributed by atoms with E-state index in [-0.39, 0.29) is 17.9 Å². The van der Waals surface area contributed by atoms with Gasteiger partial charge >= 0.3 is 0 Å². The van der Waals surface area contributed by atoms with Gasteiger partial charge in [-0.3, -0.25) is 9.59 Å². The van der Waals surface area contributed by atoms with Gasteiger partial charge in [0.15, 0.2) is 0 Å². The molecule has 6 heteroatoms. The monoisotopic (exact) mass is 255 g/mol. The highest BCUT2D eigenvalue weighted by atomic mass is 16.5. The molecular formula is C12H21N3O3. The summed E-state index contributed by atoms with van der Waals surface area (Å²) in [5.74, 6) is 0.149. The molecule has 0 aliphatic carbocycles. The average Bonchev–Trinajstić information content (AvgIpc) is 2.39. The third kappa shape index (κ3) is 3.43. The molecule has 1 atom stereocenters. The molecule has 0 bridgehead atoms. The van der Waals surface area contributed by atoms with E-state index in [0.29, 0.717) is 38.6 Å². The molecule has 3 N–H and O–H groups in total. The van der Waals surface area contributed by atoms with Crippen LogP contribution in [-0.2, 0) is 14.3 Å². The first kappa shape index (κ1) is 13.3. The number of nitrogens with two attached hydrogens (primary N) is 1. The van der Waals surface area contributed by atoms with Crippen molar-refractivity contribution in [3.8, 4) is 0 Å². The SMILES string of the molecule is NC(=O)CC1CCN(C(=O)C2CNCCO2)CC1. The lowest BCUT2D eigenvalue weighted by atomic mass is 9.93. The maximum atomic E-state index is 12.2. The Morgan fingerprint density at radius 3 is 2.61 bits per heavy atom. The number of piperidine rings is 1. The Bertz CT molecular complexity index is 308. The van der Waals surface area contributed by atoms with E-state index in [4.69, 9.17) is 10.5 Å². The first-order valence-electron chi connectivity index (χ1n) is 6.56. The summed E-state index contributed by atoms with van der Waals surface area (Å²) in [6.45, 7) is 3.41. The maximum absolute atomic E-state index is 12.2. The number of hydrogen-bond donors (Lipinski definition) is 2. The minimum Gasteiger partial charge on any atom is -0.370 e. The number of amides is 2. The van der Waals surface area contributed by atoms with Crippen molar-refractivity contribution in [3.63, 3.8) is 0 Å². The predicted molar refractivity (Wildman–Crippen MR) is 65.7 cm³/mol. The van der Waals surface area contributed by atoms with E-state index in [1.807, 2.05) is 4.90 Å². The molecule has 2 fully saturated rings. The van der Waals surface area contributed by atoms with Crippen LogP contribution in [0, 0.1) is 5.92 Å². The van der Waals surface area contributed by atoms with Crippen LogP contribution in [0.5, 0.6) is 0 Å². The Morgan fingerprint density at radius 2 is 2.06 bits per heavy atom. The number of nitrogens with zero attached hydrogens (tertiary/aromatic N) is 1. The highest BCUT2D eigenvalue weighted by molar-refractivity contribution is 5.81. The highest BCUT2D eigenvalue weighted by Gasteiger charge is 2.30. The maximum Gasteiger partial charge on any atom is 0.253 e. The summed E-state index contributed by atoms with van der Waals surface area (Å²) < 4.78 is 5.46. The van der Waals surface area contributed by atoms with Crippen molar-refractivity contribution in [2.45, 2.75) is 25.4 Å². The molecular weight excluding hydrogens is 234 g/mol. The molecule has 2 aliphatic rings. The first-order chi connectivity index (χ1) is 8.66. The summed E-state index contributed by atoms with van der Waals surface area (Å²) in [6, 6.07) is 0. The fraction of sp³-hybridized carbons (Fsp3) is 0.833. The lowest BCUT2D eigenvalue weighted by Crippen LogP contribution is -2.51. The van der Waals surface area contributed by atoms with E-state index in [0.717, 1.165) is 19.4 Å². The molecule has 0 saturated carbocycles. The lowest BCUT2D eigenvalue weighted by molar-refractivity contribution is -0.146. The summed E-state index contributed by atoms with van der Waals surface area (Å²) >= 11 is 0. The Labute approximate surface area is 107 Å². The summed E-state index contributed by atoms with van der Waals surface area (Å²) in [6.07, 6.45) is 1.80. The van der Waals surface area contributed by atoms with Crippen LogP contribution in [0.25, 0.3) is 0 Å². The van der Waals surface area contributed by atoms with Crippen molar-refractivity contribution in [1.29, 1.82) is 0 Å². The highest BCUT2D eigenvalue weighted by Crippen LogP contribution is 2.21. The molecule has 2 amide bonds. The first-order valence-corrected chi connectivity index (χ1v) is 6.56. The van der Waals surface area contributed by atoms with Crippen LogP contribution < -0.4 is 11.1 Å². The number of nitrogens with one attached hydrogen (secondary N) is 1. The molecule has 102 valence electrons. The number of rotatable bonds is 3. The summed E-state index contributed by atoms with van der Waals surface area (Å²) in [4.78, 5) is 24.8. The van der Waals surface area contributed by atoms with Crippen LogP contribution >= 0.6 is 0 Å². The van der Waals surface area contributed by atoms with Crippen LogP contribution in [0.2, 0.25) is 0 Å². The largest absolute Gasteiger partial charge is 0.370 e. The van der Waals surface area contributed by atoms with Gasteiger partial charge in [-0.15, -0.1) is 0 Å². The van der Waals surface area contributed by atoms with Crippen LogP contribution in [0.15, 0.2) is 0 Å². The number of hydrogen-bond acceptors (Lipinski definition) is 4. The second kappa shape index (κ2) is 6.15. The Hall–Kier alpha value is -1.14. The third-order valence-corrected chi connectivity index (χ3v) is 3.62. The predicted octanol–water partition coefficient (Wildman–Crippen LogP) is -0.911. The van der Waals surface area contributed by atoms with E-state index in [1.54, 1.807) is 0 Å². The molecule has 0 aromatic heterocycles. The molecule has 6 nitrogen and oxygen atoms in total. The van der Waals surface area contributed by atoms with Crippen LogP contribution in [0.1, 0.15) is 19.3 Å². The Balaban J connectivity index is 1.78. The molecule has 2 rings (SSSR count). The van der Waals surface area contributed by atoms with Crippen LogP contribution in [-0.4, -0.2) is 55.6 Å². The Kier molecular flexibility index (Phi) is 4.54. The molecule has 0 aromatic rings. The molecule has 2 heterocycles. The van der Waals surface area contributed by atoms with E-state index in [9.17, 15) is 9.59 Å². The topological polar surface area (TPSA) is 84.7 Å². The van der Waals surface area contributed by atoms with Gasteiger partial charge in [0.1, 0.15) is 6.10 Å². The minimum atomic E-state index is -0.341. The molecule has 18 heavy (non-hydrogen) atoms.